The van der Waals surface area contributed by atoms with Crippen LogP contribution in [-0.4, -0.2) is 24.8 Å². The van der Waals surface area contributed by atoms with Gasteiger partial charge in [0.1, 0.15) is 5.75 Å². The van der Waals surface area contributed by atoms with Gasteiger partial charge in [0.25, 0.3) is 21.9 Å². The van der Waals surface area contributed by atoms with Crippen LogP contribution in [0.15, 0.2) is 71.6 Å². The predicted octanol–water partition coefficient (Wildman–Crippen LogP) is 5.57. The fourth-order valence-electron chi connectivity index (χ4n) is 4.77. The first-order chi connectivity index (χ1) is 16.3. The quantitative estimate of drug-likeness (QED) is 0.381. The molecule has 0 radical (unpaired) electrons. The Hall–Kier alpha value is -3.49. The minimum atomic E-state index is -4.54. The summed E-state index contributed by atoms with van der Waals surface area (Å²) < 4.78 is 39.5. The first-order valence-electron chi connectivity index (χ1n) is 11.2. The van der Waals surface area contributed by atoms with Crippen LogP contribution in [-0.2, 0) is 10.1 Å². The van der Waals surface area contributed by atoms with E-state index in [1.165, 1.54) is 12.5 Å². The highest BCUT2D eigenvalue weighted by atomic mass is 32.2. The molecule has 0 bridgehead atoms. The van der Waals surface area contributed by atoms with Crippen LogP contribution in [0.4, 0.5) is 5.69 Å². The Kier molecular flexibility index (Phi) is 5.71. The van der Waals surface area contributed by atoms with Gasteiger partial charge in [-0.05, 0) is 54.7 Å². The molecular weight excluding hydrogens is 454 g/mol. The van der Waals surface area contributed by atoms with Gasteiger partial charge >= 0.3 is 0 Å². The molecule has 1 fully saturated rings. The Morgan fingerprint density at radius 2 is 1.41 bits per heavy atom. The standard InChI is InChI=1S/C26H23NO6S/c28-25-20-11-4-5-12-21(20)26(29)27(25)22-15-14-18(34(30,31)32)16-24(22)33-23-13-7-6-10-19(23)17-8-2-1-3-9-17/h4-7,10-17H,1-3,8-9H2,(H,30,31,32). The molecule has 1 saturated carbocycles. The Labute approximate surface area is 197 Å². The average Bonchev–Trinajstić information content (AvgIpc) is 3.09. The fourth-order valence-corrected chi connectivity index (χ4v) is 5.27. The number of anilines is 1. The van der Waals surface area contributed by atoms with Crippen LogP contribution in [0, 0.1) is 0 Å². The SMILES string of the molecule is O=C1c2ccccc2C(=O)N1c1ccc(S(=O)(=O)O)cc1Oc1ccccc1C1CCCCC1. The second-order valence-electron chi connectivity index (χ2n) is 8.57. The smallest absolute Gasteiger partial charge is 0.294 e. The van der Waals surface area contributed by atoms with Gasteiger partial charge in [-0.2, -0.15) is 8.42 Å². The van der Waals surface area contributed by atoms with E-state index in [-0.39, 0.29) is 22.6 Å². The zero-order valence-electron chi connectivity index (χ0n) is 18.3. The molecule has 0 atom stereocenters. The zero-order valence-corrected chi connectivity index (χ0v) is 19.1. The van der Waals surface area contributed by atoms with Gasteiger partial charge in [0.15, 0.2) is 5.75 Å². The van der Waals surface area contributed by atoms with Crippen molar-refractivity contribution in [3.63, 3.8) is 0 Å². The zero-order chi connectivity index (χ0) is 23.9. The summed E-state index contributed by atoms with van der Waals surface area (Å²) >= 11 is 0. The lowest BCUT2D eigenvalue weighted by molar-refractivity contribution is 0.0925. The largest absolute Gasteiger partial charge is 0.455 e. The molecule has 3 aromatic rings. The van der Waals surface area contributed by atoms with Gasteiger partial charge in [-0.25, -0.2) is 4.90 Å². The summed E-state index contributed by atoms with van der Waals surface area (Å²) in [7, 11) is -4.54. The van der Waals surface area contributed by atoms with E-state index >= 15 is 0 Å². The van der Waals surface area contributed by atoms with Crippen molar-refractivity contribution < 1.29 is 27.3 Å². The normalized spacial score (nSPS) is 16.6. The lowest BCUT2D eigenvalue weighted by Gasteiger charge is -2.25. The number of hydrogen-bond donors (Lipinski definition) is 1. The third-order valence-corrected chi connectivity index (χ3v) is 7.30. The minimum absolute atomic E-state index is 0.00658. The summed E-state index contributed by atoms with van der Waals surface area (Å²) in [5.74, 6) is -0.221. The maximum atomic E-state index is 13.1. The molecule has 2 amide bonds. The summed E-state index contributed by atoms with van der Waals surface area (Å²) in [5, 5.41) is 0. The molecule has 0 aromatic heterocycles. The molecule has 1 aliphatic carbocycles. The van der Waals surface area contributed by atoms with Crippen molar-refractivity contribution >= 4 is 27.6 Å². The molecular formula is C26H23NO6S. The van der Waals surface area contributed by atoms with E-state index in [0.29, 0.717) is 11.7 Å². The monoisotopic (exact) mass is 477 g/mol. The van der Waals surface area contributed by atoms with Crippen LogP contribution in [0.3, 0.4) is 0 Å². The highest BCUT2D eigenvalue weighted by molar-refractivity contribution is 7.85. The molecule has 0 saturated heterocycles. The molecule has 7 nitrogen and oxygen atoms in total. The molecule has 5 rings (SSSR count). The second kappa shape index (κ2) is 8.70. The number of imide groups is 1. The molecule has 0 unspecified atom stereocenters. The van der Waals surface area contributed by atoms with Gasteiger partial charge < -0.3 is 4.74 Å². The molecule has 1 heterocycles. The number of ether oxygens (including phenoxy) is 1. The van der Waals surface area contributed by atoms with Crippen LogP contribution in [0.2, 0.25) is 0 Å². The molecule has 174 valence electrons. The van der Waals surface area contributed by atoms with E-state index in [0.717, 1.165) is 48.3 Å². The summed E-state index contributed by atoms with van der Waals surface area (Å²) in [5.41, 5.74) is 1.63. The Balaban J connectivity index is 1.60. The van der Waals surface area contributed by atoms with Crippen molar-refractivity contribution in [1.29, 1.82) is 0 Å². The van der Waals surface area contributed by atoms with E-state index in [4.69, 9.17) is 4.74 Å². The van der Waals surface area contributed by atoms with Crippen molar-refractivity contribution in [2.24, 2.45) is 0 Å². The van der Waals surface area contributed by atoms with Crippen molar-refractivity contribution in [2.75, 3.05) is 4.90 Å². The van der Waals surface area contributed by atoms with Crippen molar-refractivity contribution in [1.82, 2.24) is 0 Å². The molecule has 34 heavy (non-hydrogen) atoms. The van der Waals surface area contributed by atoms with Crippen molar-refractivity contribution in [2.45, 2.75) is 42.9 Å². The number of fused-ring (bicyclic) bond motifs is 1. The fraction of sp³-hybridized carbons (Fsp3) is 0.231. The minimum Gasteiger partial charge on any atom is -0.455 e. The molecule has 0 spiro atoms. The Morgan fingerprint density at radius 3 is 2.06 bits per heavy atom. The number of amides is 2. The maximum absolute atomic E-state index is 13.1. The first kappa shape index (κ1) is 22.3. The highest BCUT2D eigenvalue weighted by Crippen LogP contribution is 2.42. The lowest BCUT2D eigenvalue weighted by Crippen LogP contribution is -2.29. The van der Waals surface area contributed by atoms with E-state index < -0.39 is 26.8 Å². The summed E-state index contributed by atoms with van der Waals surface area (Å²) in [6, 6.07) is 17.6. The highest BCUT2D eigenvalue weighted by Gasteiger charge is 2.38. The topological polar surface area (TPSA) is 101 Å². The number of carbonyl (C=O) groups excluding carboxylic acids is 2. The van der Waals surface area contributed by atoms with Crippen LogP contribution in [0.25, 0.3) is 0 Å². The van der Waals surface area contributed by atoms with Crippen LogP contribution < -0.4 is 9.64 Å². The Bertz CT molecular complexity index is 1360. The third kappa shape index (κ3) is 3.99. The van der Waals surface area contributed by atoms with Crippen LogP contribution in [0.5, 0.6) is 11.5 Å². The molecule has 1 N–H and O–H groups in total. The lowest BCUT2D eigenvalue weighted by atomic mass is 9.84. The average molecular weight is 478 g/mol. The number of benzene rings is 3. The number of para-hydroxylation sites is 1. The van der Waals surface area contributed by atoms with Crippen LogP contribution in [0.1, 0.15) is 64.3 Å². The van der Waals surface area contributed by atoms with E-state index in [1.807, 2.05) is 18.2 Å². The number of carbonyl (C=O) groups is 2. The van der Waals surface area contributed by atoms with Gasteiger partial charge in [-0.15, -0.1) is 0 Å². The van der Waals surface area contributed by atoms with E-state index in [1.54, 1.807) is 30.3 Å². The second-order valence-corrected chi connectivity index (χ2v) is 9.99. The number of nitrogens with zero attached hydrogens (tertiary/aromatic N) is 1. The summed E-state index contributed by atoms with van der Waals surface area (Å²) in [6.45, 7) is 0. The molecule has 8 heteroatoms. The van der Waals surface area contributed by atoms with E-state index in [9.17, 15) is 22.6 Å². The molecule has 2 aliphatic rings. The Morgan fingerprint density at radius 1 is 0.794 bits per heavy atom. The van der Waals surface area contributed by atoms with E-state index in [2.05, 4.69) is 0 Å². The number of rotatable bonds is 5. The third-order valence-electron chi connectivity index (χ3n) is 6.45. The van der Waals surface area contributed by atoms with Gasteiger partial charge in [0.05, 0.1) is 21.7 Å². The van der Waals surface area contributed by atoms with Gasteiger partial charge in [-0.1, -0.05) is 49.6 Å². The van der Waals surface area contributed by atoms with Crippen molar-refractivity contribution in [3.05, 3.63) is 83.4 Å². The molecule has 1 aliphatic heterocycles. The molecule has 3 aromatic carbocycles. The predicted molar refractivity (Wildman–Crippen MR) is 126 cm³/mol. The van der Waals surface area contributed by atoms with Crippen molar-refractivity contribution in [3.8, 4) is 11.5 Å². The summed E-state index contributed by atoms with van der Waals surface area (Å²) in [4.78, 5) is 26.8. The number of hydrogen-bond acceptors (Lipinski definition) is 5. The van der Waals surface area contributed by atoms with Crippen LogP contribution >= 0.6 is 0 Å². The first-order valence-corrected chi connectivity index (χ1v) is 12.6. The van der Waals surface area contributed by atoms with Gasteiger partial charge in [-0.3, -0.25) is 14.1 Å². The maximum Gasteiger partial charge on any atom is 0.294 e. The summed E-state index contributed by atoms with van der Waals surface area (Å²) in [6.07, 6.45) is 5.49. The van der Waals surface area contributed by atoms with Gasteiger partial charge in [0.2, 0.25) is 0 Å². The van der Waals surface area contributed by atoms with Gasteiger partial charge in [0, 0.05) is 6.07 Å².